The first-order chi connectivity index (χ1) is 11.6. The van der Waals surface area contributed by atoms with Gasteiger partial charge in [-0.05, 0) is 47.0 Å². The molecule has 0 unspecified atom stereocenters. The first-order valence-electron chi connectivity index (χ1n) is 7.43. The van der Waals surface area contributed by atoms with E-state index in [1.54, 1.807) is 18.2 Å². The van der Waals surface area contributed by atoms with E-state index in [0.717, 1.165) is 16.9 Å². The summed E-state index contributed by atoms with van der Waals surface area (Å²) in [5, 5.41) is 9.97. The van der Waals surface area contributed by atoms with Crippen molar-refractivity contribution >= 4 is 17.6 Å². The molecule has 0 radical (unpaired) electrons. The minimum atomic E-state index is -0.936. The molecule has 0 saturated heterocycles. The summed E-state index contributed by atoms with van der Waals surface area (Å²) in [5.74, 6) is -0.213. The van der Waals surface area contributed by atoms with Gasteiger partial charge >= 0.3 is 5.97 Å². The van der Waals surface area contributed by atoms with Crippen LogP contribution in [0.25, 0.3) is 11.1 Å². The molecule has 0 bridgehead atoms. The standard InChI is InChI=1S/C20H15ClO3/c21-16-9-5-14(6-10-16)13-24-17-11-7-15(8-12-17)18-3-1-2-4-19(18)20(22)23/h1-12H,13H2,(H,22,23). The molecular weight excluding hydrogens is 324 g/mol. The lowest BCUT2D eigenvalue weighted by Crippen LogP contribution is -1.99. The number of aromatic carboxylic acids is 1. The summed E-state index contributed by atoms with van der Waals surface area (Å²) in [7, 11) is 0. The number of hydrogen-bond donors (Lipinski definition) is 1. The Kier molecular flexibility index (Phi) is 4.82. The number of halogens is 1. The number of hydrogen-bond acceptors (Lipinski definition) is 2. The van der Waals surface area contributed by atoms with Gasteiger partial charge in [0.2, 0.25) is 0 Å². The van der Waals surface area contributed by atoms with Crippen LogP contribution >= 0.6 is 11.6 Å². The molecule has 3 rings (SSSR count). The number of carboxylic acid groups (broad SMARTS) is 1. The van der Waals surface area contributed by atoms with Crippen molar-refractivity contribution in [2.75, 3.05) is 0 Å². The molecule has 0 atom stereocenters. The van der Waals surface area contributed by atoms with Crippen molar-refractivity contribution in [2.45, 2.75) is 6.61 Å². The third-order valence-electron chi connectivity index (χ3n) is 3.64. The number of rotatable bonds is 5. The van der Waals surface area contributed by atoms with Gasteiger partial charge in [-0.2, -0.15) is 0 Å². The third-order valence-corrected chi connectivity index (χ3v) is 3.89. The van der Waals surface area contributed by atoms with Crippen LogP contribution in [-0.4, -0.2) is 11.1 Å². The van der Waals surface area contributed by atoms with E-state index < -0.39 is 5.97 Å². The largest absolute Gasteiger partial charge is 0.489 e. The van der Waals surface area contributed by atoms with E-state index in [-0.39, 0.29) is 5.56 Å². The first kappa shape index (κ1) is 16.1. The molecule has 3 aromatic carbocycles. The highest BCUT2D eigenvalue weighted by Crippen LogP contribution is 2.26. The maximum Gasteiger partial charge on any atom is 0.336 e. The van der Waals surface area contributed by atoms with E-state index in [0.29, 0.717) is 17.2 Å². The molecule has 4 heteroatoms. The van der Waals surface area contributed by atoms with Crippen LogP contribution in [0.4, 0.5) is 0 Å². The zero-order chi connectivity index (χ0) is 16.9. The Morgan fingerprint density at radius 3 is 2.25 bits per heavy atom. The Balaban J connectivity index is 1.74. The number of benzene rings is 3. The Morgan fingerprint density at radius 1 is 0.917 bits per heavy atom. The Bertz CT molecular complexity index is 840. The predicted octanol–water partition coefficient (Wildman–Crippen LogP) is 5.28. The van der Waals surface area contributed by atoms with Gasteiger partial charge in [0.15, 0.2) is 0 Å². The topological polar surface area (TPSA) is 46.5 Å². The summed E-state index contributed by atoms with van der Waals surface area (Å²) in [4.78, 5) is 11.3. The summed E-state index contributed by atoms with van der Waals surface area (Å²) in [6.45, 7) is 0.447. The molecule has 0 spiro atoms. The second-order valence-corrected chi connectivity index (χ2v) is 5.73. The van der Waals surface area contributed by atoms with Crippen LogP contribution in [0.1, 0.15) is 15.9 Å². The molecule has 3 aromatic rings. The Hall–Kier alpha value is -2.78. The highest BCUT2D eigenvalue weighted by Gasteiger charge is 2.10. The lowest BCUT2D eigenvalue weighted by Gasteiger charge is -2.09. The fourth-order valence-corrected chi connectivity index (χ4v) is 2.53. The van der Waals surface area contributed by atoms with E-state index in [2.05, 4.69) is 0 Å². The summed E-state index contributed by atoms with van der Waals surface area (Å²) in [6, 6.07) is 21.8. The predicted molar refractivity (Wildman–Crippen MR) is 94.6 cm³/mol. The molecule has 0 saturated carbocycles. The first-order valence-corrected chi connectivity index (χ1v) is 7.81. The summed E-state index contributed by atoms with van der Waals surface area (Å²) < 4.78 is 5.74. The fourth-order valence-electron chi connectivity index (χ4n) is 2.40. The molecule has 1 N–H and O–H groups in total. The second-order valence-electron chi connectivity index (χ2n) is 5.29. The zero-order valence-corrected chi connectivity index (χ0v) is 13.5. The molecule has 0 aliphatic carbocycles. The van der Waals surface area contributed by atoms with E-state index in [9.17, 15) is 9.90 Å². The lowest BCUT2D eigenvalue weighted by atomic mass is 10.00. The van der Waals surface area contributed by atoms with Crippen LogP contribution in [0, 0.1) is 0 Å². The molecule has 0 aromatic heterocycles. The molecule has 0 aliphatic heterocycles. The van der Waals surface area contributed by atoms with Gasteiger partial charge in [0, 0.05) is 5.02 Å². The van der Waals surface area contributed by atoms with Crippen molar-refractivity contribution in [2.24, 2.45) is 0 Å². The molecule has 0 amide bonds. The molecular formula is C20H15ClO3. The van der Waals surface area contributed by atoms with Gasteiger partial charge in [0.1, 0.15) is 12.4 Å². The van der Waals surface area contributed by atoms with Gasteiger partial charge in [-0.1, -0.05) is 54.1 Å². The second kappa shape index (κ2) is 7.20. The normalized spacial score (nSPS) is 10.4. The minimum Gasteiger partial charge on any atom is -0.489 e. The van der Waals surface area contributed by atoms with Crippen molar-refractivity contribution < 1.29 is 14.6 Å². The smallest absolute Gasteiger partial charge is 0.336 e. The van der Waals surface area contributed by atoms with Gasteiger partial charge in [-0.25, -0.2) is 4.79 Å². The SMILES string of the molecule is O=C(O)c1ccccc1-c1ccc(OCc2ccc(Cl)cc2)cc1. The average Bonchev–Trinajstić information content (AvgIpc) is 2.62. The van der Waals surface area contributed by atoms with E-state index in [4.69, 9.17) is 16.3 Å². The summed E-state index contributed by atoms with van der Waals surface area (Å²) in [5.41, 5.74) is 2.84. The van der Waals surface area contributed by atoms with Gasteiger partial charge in [-0.15, -0.1) is 0 Å². The summed E-state index contributed by atoms with van der Waals surface area (Å²) in [6.07, 6.45) is 0. The minimum absolute atomic E-state index is 0.285. The van der Waals surface area contributed by atoms with E-state index >= 15 is 0 Å². The van der Waals surface area contributed by atoms with Crippen LogP contribution < -0.4 is 4.74 Å². The Labute approximate surface area is 145 Å². The van der Waals surface area contributed by atoms with Gasteiger partial charge in [-0.3, -0.25) is 0 Å². The fraction of sp³-hybridized carbons (Fsp3) is 0.0500. The van der Waals surface area contributed by atoms with Crippen LogP contribution in [0.3, 0.4) is 0 Å². The molecule has 120 valence electrons. The maximum atomic E-state index is 11.3. The summed E-state index contributed by atoms with van der Waals surface area (Å²) >= 11 is 5.86. The molecule has 0 aliphatic rings. The third kappa shape index (κ3) is 3.76. The molecule has 3 nitrogen and oxygen atoms in total. The highest BCUT2D eigenvalue weighted by molar-refractivity contribution is 6.30. The number of carboxylic acids is 1. The van der Waals surface area contributed by atoms with Crippen LogP contribution in [0.15, 0.2) is 72.8 Å². The van der Waals surface area contributed by atoms with Crippen LogP contribution in [0.5, 0.6) is 5.75 Å². The molecule has 0 heterocycles. The van der Waals surface area contributed by atoms with Crippen molar-refractivity contribution in [3.8, 4) is 16.9 Å². The maximum absolute atomic E-state index is 11.3. The zero-order valence-electron chi connectivity index (χ0n) is 12.8. The van der Waals surface area contributed by atoms with Crippen molar-refractivity contribution in [3.63, 3.8) is 0 Å². The van der Waals surface area contributed by atoms with E-state index in [1.807, 2.05) is 54.6 Å². The van der Waals surface area contributed by atoms with Crippen LogP contribution in [0.2, 0.25) is 5.02 Å². The van der Waals surface area contributed by atoms with Crippen molar-refractivity contribution in [1.82, 2.24) is 0 Å². The van der Waals surface area contributed by atoms with Gasteiger partial charge < -0.3 is 9.84 Å². The highest BCUT2D eigenvalue weighted by atomic mass is 35.5. The molecule has 0 fully saturated rings. The molecule has 24 heavy (non-hydrogen) atoms. The average molecular weight is 339 g/mol. The number of carbonyl (C=O) groups is 1. The lowest BCUT2D eigenvalue weighted by molar-refractivity contribution is 0.0697. The van der Waals surface area contributed by atoms with Crippen LogP contribution in [-0.2, 0) is 6.61 Å². The Morgan fingerprint density at radius 2 is 1.58 bits per heavy atom. The van der Waals surface area contributed by atoms with Crippen molar-refractivity contribution in [1.29, 1.82) is 0 Å². The van der Waals surface area contributed by atoms with E-state index in [1.165, 1.54) is 0 Å². The quantitative estimate of drug-likeness (QED) is 0.688. The van der Waals surface area contributed by atoms with Crippen molar-refractivity contribution in [3.05, 3.63) is 88.9 Å². The van der Waals surface area contributed by atoms with Gasteiger partial charge in [0.25, 0.3) is 0 Å². The van der Waals surface area contributed by atoms with Gasteiger partial charge in [0.05, 0.1) is 5.56 Å². The number of ether oxygens (including phenoxy) is 1. The monoisotopic (exact) mass is 338 g/mol.